The van der Waals surface area contributed by atoms with Gasteiger partial charge in [-0.25, -0.2) is 8.42 Å². The molecule has 28 heavy (non-hydrogen) atoms. The first kappa shape index (κ1) is 22.1. The fourth-order valence-electron chi connectivity index (χ4n) is 2.52. The van der Waals surface area contributed by atoms with Crippen LogP contribution >= 0.6 is 11.6 Å². The Balaban J connectivity index is 2.19. The third kappa shape index (κ3) is 5.67. The van der Waals surface area contributed by atoms with Crippen LogP contribution in [0.4, 0.5) is 0 Å². The minimum atomic E-state index is -3.70. The van der Waals surface area contributed by atoms with Gasteiger partial charge in [0.05, 0.1) is 4.90 Å². The van der Waals surface area contributed by atoms with E-state index < -0.39 is 10.0 Å². The van der Waals surface area contributed by atoms with Gasteiger partial charge in [-0.15, -0.1) is 6.58 Å². The first-order valence-corrected chi connectivity index (χ1v) is 10.9. The monoisotopic (exact) mass is 420 g/mol. The molecule has 0 fully saturated rings. The zero-order valence-corrected chi connectivity index (χ0v) is 17.6. The lowest BCUT2D eigenvalue weighted by Gasteiger charge is -2.21. The van der Waals surface area contributed by atoms with Crippen molar-refractivity contribution >= 4 is 27.5 Å². The number of nitrogens with zero attached hydrogens (tertiary/aromatic N) is 1. The summed E-state index contributed by atoms with van der Waals surface area (Å²) in [6.07, 6.45) is 2.39. The van der Waals surface area contributed by atoms with Crippen molar-refractivity contribution in [3.8, 4) is 0 Å². The molecule has 0 radical (unpaired) electrons. The van der Waals surface area contributed by atoms with Gasteiger partial charge in [-0.1, -0.05) is 36.7 Å². The lowest BCUT2D eigenvalue weighted by atomic mass is 10.1. The first-order valence-electron chi connectivity index (χ1n) is 9.04. The highest BCUT2D eigenvalue weighted by atomic mass is 35.5. The van der Waals surface area contributed by atoms with Crippen LogP contribution in [0.25, 0.3) is 0 Å². The van der Waals surface area contributed by atoms with Gasteiger partial charge in [-0.3, -0.25) is 4.79 Å². The molecule has 1 amide bonds. The maximum atomic E-state index is 12.9. The number of carbonyl (C=O) groups excluding carboxylic acids is 1. The van der Waals surface area contributed by atoms with Gasteiger partial charge >= 0.3 is 0 Å². The average Bonchev–Trinajstić information content (AvgIpc) is 2.68. The summed E-state index contributed by atoms with van der Waals surface area (Å²) >= 11 is 5.86. The Hall–Kier alpha value is -2.15. The highest BCUT2D eigenvalue weighted by Crippen LogP contribution is 2.20. The largest absolute Gasteiger partial charge is 0.350 e. The van der Waals surface area contributed by atoms with Gasteiger partial charge in [-0.05, 0) is 55.3 Å². The molecule has 0 aliphatic carbocycles. The van der Waals surface area contributed by atoms with Gasteiger partial charge in [0.2, 0.25) is 10.0 Å². The molecule has 0 aliphatic rings. The average molecular weight is 421 g/mol. The second kappa shape index (κ2) is 9.87. The fraction of sp³-hybridized carbons (Fsp3) is 0.286. The number of amides is 1. The van der Waals surface area contributed by atoms with Gasteiger partial charge in [0.25, 0.3) is 5.91 Å². The second-order valence-electron chi connectivity index (χ2n) is 6.52. The Morgan fingerprint density at radius 2 is 1.79 bits per heavy atom. The number of sulfonamides is 1. The lowest BCUT2D eigenvalue weighted by Crippen LogP contribution is -2.32. The standard InChI is InChI=1S/C21H25ClN2O3S/c1-4-14-24(28(26,27)20-12-10-19(22)11-13-20)15-17-6-8-18(9-7-17)21(25)23-16(3)5-2/h4,6-13,16H,1,5,14-15H2,2-3H3,(H,23,25)/t16-/m0/s1. The SMILES string of the molecule is C=CCN(Cc1ccc(C(=O)N[C@@H](C)CC)cc1)S(=O)(=O)c1ccc(Cl)cc1. The number of hydrogen-bond donors (Lipinski definition) is 1. The van der Waals surface area contributed by atoms with Crippen molar-refractivity contribution in [2.75, 3.05) is 6.54 Å². The van der Waals surface area contributed by atoms with Crippen LogP contribution in [0.15, 0.2) is 66.1 Å². The van der Waals surface area contributed by atoms with E-state index in [1.54, 1.807) is 42.5 Å². The third-order valence-corrected chi connectivity index (χ3v) is 6.43. The maximum absolute atomic E-state index is 12.9. The van der Waals surface area contributed by atoms with Crippen molar-refractivity contribution in [3.63, 3.8) is 0 Å². The summed E-state index contributed by atoms with van der Waals surface area (Å²) in [6, 6.07) is 13.1. The summed E-state index contributed by atoms with van der Waals surface area (Å²) in [5.41, 5.74) is 1.32. The minimum Gasteiger partial charge on any atom is -0.350 e. The molecule has 1 atom stereocenters. The zero-order chi connectivity index (χ0) is 20.7. The molecule has 7 heteroatoms. The van der Waals surface area contributed by atoms with Crippen LogP contribution in [0.2, 0.25) is 5.02 Å². The fourth-order valence-corrected chi connectivity index (χ4v) is 4.05. The molecule has 1 N–H and O–H groups in total. The van der Waals surface area contributed by atoms with Gasteiger partial charge in [0, 0.05) is 29.7 Å². The van der Waals surface area contributed by atoms with Crippen molar-refractivity contribution in [2.24, 2.45) is 0 Å². The quantitative estimate of drug-likeness (QED) is 0.617. The van der Waals surface area contributed by atoms with Crippen LogP contribution in [0.1, 0.15) is 36.2 Å². The molecule has 2 aromatic rings. The lowest BCUT2D eigenvalue weighted by molar-refractivity contribution is 0.0939. The molecule has 0 bridgehead atoms. The van der Waals surface area contributed by atoms with Crippen molar-refractivity contribution in [1.29, 1.82) is 0 Å². The van der Waals surface area contributed by atoms with Crippen LogP contribution in [0, 0.1) is 0 Å². The Labute approximate surface area is 172 Å². The third-order valence-electron chi connectivity index (χ3n) is 4.35. The molecule has 5 nitrogen and oxygen atoms in total. The minimum absolute atomic E-state index is 0.0970. The summed E-state index contributed by atoms with van der Waals surface area (Å²) in [7, 11) is -3.70. The Bertz CT molecular complexity index is 910. The summed E-state index contributed by atoms with van der Waals surface area (Å²) in [5, 5.41) is 3.38. The number of hydrogen-bond acceptors (Lipinski definition) is 3. The second-order valence-corrected chi connectivity index (χ2v) is 8.89. The molecule has 0 saturated carbocycles. The molecule has 0 spiro atoms. The Kier molecular flexibility index (Phi) is 7.80. The van der Waals surface area contributed by atoms with E-state index in [0.29, 0.717) is 10.6 Å². The topological polar surface area (TPSA) is 66.5 Å². The van der Waals surface area contributed by atoms with Crippen LogP contribution in [0.3, 0.4) is 0 Å². The van der Waals surface area contributed by atoms with E-state index in [4.69, 9.17) is 11.6 Å². The number of rotatable bonds is 9. The Morgan fingerprint density at radius 3 is 2.32 bits per heavy atom. The molecule has 2 aromatic carbocycles. The van der Waals surface area contributed by atoms with Gasteiger partial charge < -0.3 is 5.32 Å². The van der Waals surface area contributed by atoms with Crippen molar-refractivity contribution in [2.45, 2.75) is 37.8 Å². The summed E-state index contributed by atoms with van der Waals surface area (Å²) in [6.45, 7) is 7.94. The molecule has 2 rings (SSSR count). The molecule has 150 valence electrons. The number of halogens is 1. The normalized spacial score (nSPS) is 12.6. The molecular formula is C21H25ClN2O3S. The van der Waals surface area contributed by atoms with E-state index >= 15 is 0 Å². The van der Waals surface area contributed by atoms with E-state index in [0.717, 1.165) is 12.0 Å². The molecule has 0 unspecified atom stereocenters. The zero-order valence-electron chi connectivity index (χ0n) is 16.1. The molecular weight excluding hydrogens is 396 g/mol. The Morgan fingerprint density at radius 1 is 1.18 bits per heavy atom. The highest BCUT2D eigenvalue weighted by Gasteiger charge is 2.23. The number of benzene rings is 2. The van der Waals surface area contributed by atoms with Crippen LogP contribution < -0.4 is 5.32 Å². The maximum Gasteiger partial charge on any atom is 0.251 e. The van der Waals surface area contributed by atoms with E-state index in [9.17, 15) is 13.2 Å². The van der Waals surface area contributed by atoms with E-state index in [1.807, 2.05) is 13.8 Å². The predicted octanol–water partition coefficient (Wildman–Crippen LogP) is 4.25. The van der Waals surface area contributed by atoms with E-state index in [2.05, 4.69) is 11.9 Å². The van der Waals surface area contributed by atoms with Gasteiger partial charge in [0.1, 0.15) is 0 Å². The van der Waals surface area contributed by atoms with Gasteiger partial charge in [-0.2, -0.15) is 4.31 Å². The van der Waals surface area contributed by atoms with Gasteiger partial charge in [0.15, 0.2) is 0 Å². The van der Waals surface area contributed by atoms with Crippen molar-refractivity contribution in [1.82, 2.24) is 9.62 Å². The van der Waals surface area contributed by atoms with E-state index in [1.165, 1.54) is 16.4 Å². The summed E-state index contributed by atoms with van der Waals surface area (Å²) in [5.74, 6) is -0.141. The number of carbonyl (C=O) groups is 1. The van der Waals surface area contributed by atoms with E-state index in [-0.39, 0.29) is 29.9 Å². The molecule has 0 aromatic heterocycles. The van der Waals surface area contributed by atoms with Crippen molar-refractivity contribution in [3.05, 3.63) is 77.3 Å². The molecule has 0 aliphatic heterocycles. The molecule has 0 heterocycles. The number of nitrogens with one attached hydrogen (secondary N) is 1. The predicted molar refractivity (Wildman–Crippen MR) is 113 cm³/mol. The smallest absolute Gasteiger partial charge is 0.251 e. The first-order chi connectivity index (χ1) is 13.3. The van der Waals surface area contributed by atoms with Crippen LogP contribution in [0.5, 0.6) is 0 Å². The van der Waals surface area contributed by atoms with Crippen molar-refractivity contribution < 1.29 is 13.2 Å². The summed E-state index contributed by atoms with van der Waals surface area (Å²) < 4.78 is 27.2. The summed E-state index contributed by atoms with van der Waals surface area (Å²) in [4.78, 5) is 12.4. The molecule has 0 saturated heterocycles. The van der Waals surface area contributed by atoms with Crippen LogP contribution in [-0.4, -0.2) is 31.2 Å². The highest BCUT2D eigenvalue weighted by molar-refractivity contribution is 7.89. The van der Waals surface area contributed by atoms with Crippen LogP contribution in [-0.2, 0) is 16.6 Å².